The Morgan fingerprint density at radius 1 is 1.50 bits per heavy atom. The number of amides is 1. The summed E-state index contributed by atoms with van der Waals surface area (Å²) in [6, 6.07) is 2.01. The van der Waals surface area contributed by atoms with Crippen molar-refractivity contribution in [2.75, 3.05) is 5.32 Å². The monoisotopic (exact) mass is 282 g/mol. The predicted octanol–water partition coefficient (Wildman–Crippen LogP) is 2.27. The molecule has 96 valence electrons. The molecule has 0 unspecified atom stereocenters. The van der Waals surface area contributed by atoms with E-state index in [1.165, 1.54) is 18.3 Å². The molecule has 5 nitrogen and oxygen atoms in total. The lowest BCUT2D eigenvalue weighted by Gasteiger charge is -1.96. The summed E-state index contributed by atoms with van der Waals surface area (Å²) in [4.78, 5) is 15.2. The van der Waals surface area contributed by atoms with E-state index in [4.69, 9.17) is 0 Å². The lowest BCUT2D eigenvalue weighted by atomic mass is 10.5. The summed E-state index contributed by atoms with van der Waals surface area (Å²) in [6.45, 7) is 1.48. The van der Waals surface area contributed by atoms with Gasteiger partial charge in [0.05, 0.1) is 11.4 Å². The molecule has 2 heterocycles. The van der Waals surface area contributed by atoms with E-state index >= 15 is 0 Å². The van der Waals surface area contributed by atoms with Crippen LogP contribution in [0, 0.1) is 0 Å². The molecule has 0 saturated heterocycles. The van der Waals surface area contributed by atoms with Crippen LogP contribution >= 0.6 is 23.1 Å². The van der Waals surface area contributed by atoms with Gasteiger partial charge in [-0.25, -0.2) is 4.98 Å². The van der Waals surface area contributed by atoms with E-state index < -0.39 is 0 Å². The van der Waals surface area contributed by atoms with Gasteiger partial charge in [0.25, 0.3) is 0 Å². The number of aryl methyl sites for hydroxylation is 1. The third-order valence-corrected chi connectivity index (χ3v) is 3.91. The van der Waals surface area contributed by atoms with Crippen LogP contribution in [0.4, 0.5) is 5.13 Å². The zero-order chi connectivity index (χ0) is 13.0. The number of hydrogen-bond acceptors (Lipinski definition) is 5. The molecule has 0 fully saturated rings. The molecular formula is C11H14N4OS2. The van der Waals surface area contributed by atoms with Crippen LogP contribution < -0.4 is 5.32 Å². The van der Waals surface area contributed by atoms with Crippen molar-refractivity contribution in [1.29, 1.82) is 0 Å². The molecule has 18 heavy (non-hydrogen) atoms. The maximum absolute atomic E-state index is 10.9. The van der Waals surface area contributed by atoms with Gasteiger partial charge >= 0.3 is 0 Å². The Kier molecular flexibility index (Phi) is 4.38. The number of nitrogens with one attached hydrogen (secondary N) is 1. The minimum absolute atomic E-state index is 0.0861. The van der Waals surface area contributed by atoms with Gasteiger partial charge < -0.3 is 5.32 Å². The number of nitrogens with zero attached hydrogens (tertiary/aromatic N) is 3. The van der Waals surface area contributed by atoms with Crippen LogP contribution in [0.15, 0.2) is 17.6 Å². The second-order valence-corrected chi connectivity index (χ2v) is 5.64. The van der Waals surface area contributed by atoms with Gasteiger partial charge in [-0.05, 0) is 6.07 Å². The molecule has 0 saturated carbocycles. The zero-order valence-corrected chi connectivity index (χ0v) is 11.8. The van der Waals surface area contributed by atoms with Crippen LogP contribution in [0.2, 0.25) is 0 Å². The van der Waals surface area contributed by atoms with Crippen LogP contribution in [0.1, 0.15) is 18.3 Å². The number of aromatic nitrogens is 3. The van der Waals surface area contributed by atoms with Crippen LogP contribution in [0.3, 0.4) is 0 Å². The molecule has 0 aliphatic carbocycles. The Hall–Kier alpha value is -1.34. The van der Waals surface area contributed by atoms with Crippen molar-refractivity contribution in [3.05, 3.63) is 29.0 Å². The number of hydrogen-bond donors (Lipinski definition) is 1. The molecule has 0 atom stereocenters. The third-order valence-electron chi connectivity index (χ3n) is 2.10. The quantitative estimate of drug-likeness (QED) is 0.914. The zero-order valence-electron chi connectivity index (χ0n) is 10.2. The molecular weight excluding hydrogens is 268 g/mol. The van der Waals surface area contributed by atoms with Gasteiger partial charge in [0, 0.05) is 37.1 Å². The minimum atomic E-state index is -0.0861. The molecule has 2 aromatic heterocycles. The summed E-state index contributed by atoms with van der Waals surface area (Å²) in [6.07, 6.45) is 1.94. The van der Waals surface area contributed by atoms with E-state index in [1.54, 1.807) is 16.4 Å². The topological polar surface area (TPSA) is 59.8 Å². The summed E-state index contributed by atoms with van der Waals surface area (Å²) < 4.78 is 1.80. The Morgan fingerprint density at radius 2 is 2.28 bits per heavy atom. The van der Waals surface area contributed by atoms with E-state index in [2.05, 4.69) is 15.4 Å². The molecule has 0 bridgehead atoms. The lowest BCUT2D eigenvalue weighted by Crippen LogP contribution is -2.05. The summed E-state index contributed by atoms with van der Waals surface area (Å²) in [5.74, 6) is 1.61. The number of rotatable bonds is 5. The van der Waals surface area contributed by atoms with Crippen LogP contribution in [-0.2, 0) is 23.3 Å². The number of carbonyl (C=O) groups is 1. The largest absolute Gasteiger partial charge is 0.302 e. The Labute approximate surface area is 114 Å². The summed E-state index contributed by atoms with van der Waals surface area (Å²) in [5, 5.41) is 9.62. The first-order valence-electron chi connectivity index (χ1n) is 5.42. The molecule has 0 aromatic carbocycles. The van der Waals surface area contributed by atoms with Gasteiger partial charge in [-0.2, -0.15) is 5.10 Å². The molecule has 1 amide bonds. The molecule has 0 radical (unpaired) electrons. The highest BCUT2D eigenvalue weighted by Gasteiger charge is 2.04. The van der Waals surface area contributed by atoms with Crippen LogP contribution in [0.25, 0.3) is 0 Å². The maximum atomic E-state index is 10.9. The Bertz CT molecular complexity index is 535. The first kappa shape index (κ1) is 13.1. The molecule has 0 aliphatic rings. The summed E-state index contributed by atoms with van der Waals surface area (Å²) >= 11 is 3.21. The average molecular weight is 282 g/mol. The predicted molar refractivity (Wildman–Crippen MR) is 74.6 cm³/mol. The standard InChI is InChI=1S/C11H14N4OS2/c1-8(16)12-11-13-10(7-18-11)6-17-5-9-3-4-15(2)14-9/h3-4,7H,5-6H2,1-2H3,(H,12,13,16). The van der Waals surface area contributed by atoms with Crippen molar-refractivity contribution in [2.24, 2.45) is 7.05 Å². The van der Waals surface area contributed by atoms with Gasteiger partial charge in [0.2, 0.25) is 5.91 Å². The summed E-state index contributed by atoms with van der Waals surface area (Å²) in [7, 11) is 1.91. The van der Waals surface area contributed by atoms with E-state index in [1.807, 2.05) is 24.7 Å². The van der Waals surface area contributed by atoms with Gasteiger partial charge in [-0.1, -0.05) is 0 Å². The lowest BCUT2D eigenvalue weighted by molar-refractivity contribution is -0.114. The van der Waals surface area contributed by atoms with Gasteiger partial charge in [0.1, 0.15) is 0 Å². The van der Waals surface area contributed by atoms with Gasteiger partial charge in [-0.15, -0.1) is 23.1 Å². The number of thioether (sulfide) groups is 1. The minimum Gasteiger partial charge on any atom is -0.302 e. The van der Waals surface area contributed by atoms with Gasteiger partial charge in [-0.3, -0.25) is 9.48 Å². The van der Waals surface area contributed by atoms with Crippen molar-refractivity contribution < 1.29 is 4.79 Å². The normalized spacial score (nSPS) is 10.6. The van der Waals surface area contributed by atoms with Gasteiger partial charge in [0.15, 0.2) is 5.13 Å². The fourth-order valence-electron chi connectivity index (χ4n) is 1.38. The van der Waals surface area contributed by atoms with Crippen molar-refractivity contribution in [2.45, 2.75) is 18.4 Å². The molecule has 7 heteroatoms. The first-order valence-corrected chi connectivity index (χ1v) is 7.45. The maximum Gasteiger partial charge on any atom is 0.223 e. The molecule has 2 aromatic rings. The Balaban J connectivity index is 1.79. The van der Waals surface area contributed by atoms with Crippen molar-refractivity contribution in [3.63, 3.8) is 0 Å². The van der Waals surface area contributed by atoms with E-state index in [9.17, 15) is 4.79 Å². The first-order chi connectivity index (χ1) is 8.63. The third kappa shape index (κ3) is 3.85. The van der Waals surface area contributed by atoms with E-state index in [0.717, 1.165) is 22.9 Å². The second-order valence-electron chi connectivity index (χ2n) is 3.80. The average Bonchev–Trinajstić information content (AvgIpc) is 2.88. The van der Waals surface area contributed by atoms with Crippen molar-refractivity contribution >= 4 is 34.1 Å². The highest BCUT2D eigenvalue weighted by Crippen LogP contribution is 2.21. The molecule has 0 aliphatic heterocycles. The molecule has 0 spiro atoms. The molecule has 1 N–H and O–H groups in total. The fraction of sp³-hybridized carbons (Fsp3) is 0.364. The molecule has 2 rings (SSSR count). The van der Waals surface area contributed by atoms with Crippen molar-refractivity contribution in [3.8, 4) is 0 Å². The smallest absolute Gasteiger partial charge is 0.223 e. The van der Waals surface area contributed by atoms with Crippen LogP contribution in [0.5, 0.6) is 0 Å². The second kappa shape index (κ2) is 6.01. The van der Waals surface area contributed by atoms with E-state index in [-0.39, 0.29) is 5.91 Å². The fourth-order valence-corrected chi connectivity index (χ4v) is 3.07. The summed E-state index contributed by atoms with van der Waals surface area (Å²) in [5.41, 5.74) is 2.06. The number of thiazole rings is 1. The van der Waals surface area contributed by atoms with E-state index in [0.29, 0.717) is 5.13 Å². The number of carbonyl (C=O) groups excluding carboxylic acids is 1. The highest BCUT2D eigenvalue weighted by atomic mass is 32.2. The van der Waals surface area contributed by atoms with Crippen LogP contribution in [-0.4, -0.2) is 20.7 Å². The van der Waals surface area contributed by atoms with Crippen molar-refractivity contribution in [1.82, 2.24) is 14.8 Å². The number of anilines is 1. The highest BCUT2D eigenvalue weighted by molar-refractivity contribution is 7.97. The SMILES string of the molecule is CC(=O)Nc1nc(CSCc2ccn(C)n2)cs1. The Morgan fingerprint density at radius 3 is 2.94 bits per heavy atom.